The van der Waals surface area contributed by atoms with E-state index in [9.17, 15) is 9.59 Å². The molecule has 0 radical (unpaired) electrons. The van der Waals surface area contributed by atoms with E-state index in [1.54, 1.807) is 0 Å². The van der Waals surface area contributed by atoms with Crippen molar-refractivity contribution >= 4 is 12.0 Å². The summed E-state index contributed by atoms with van der Waals surface area (Å²) in [5.74, 6) is 0.0372. The molecule has 16 heavy (non-hydrogen) atoms. The third kappa shape index (κ3) is 4.48. The molecule has 0 aromatic rings. The summed E-state index contributed by atoms with van der Waals surface area (Å²) in [5.41, 5.74) is 2.02. The lowest BCUT2D eigenvalue weighted by Crippen LogP contribution is -2.39. The predicted molar refractivity (Wildman–Crippen MR) is 56.6 cm³/mol. The Labute approximate surface area is 94.3 Å². The van der Waals surface area contributed by atoms with Gasteiger partial charge in [0.1, 0.15) is 0 Å². The van der Waals surface area contributed by atoms with Crippen molar-refractivity contribution in [2.45, 2.75) is 26.2 Å². The summed E-state index contributed by atoms with van der Waals surface area (Å²) in [6.07, 6.45) is 3.56. The average molecular weight is 230 g/mol. The van der Waals surface area contributed by atoms with Crippen LogP contribution in [0.1, 0.15) is 26.2 Å². The second-order valence-electron chi connectivity index (χ2n) is 4.16. The minimum atomic E-state index is -1.12. The highest BCUT2D eigenvalue weighted by atomic mass is 16.7. The van der Waals surface area contributed by atoms with E-state index < -0.39 is 18.6 Å². The van der Waals surface area contributed by atoms with Crippen LogP contribution in [0.15, 0.2) is 0 Å². The van der Waals surface area contributed by atoms with Crippen LogP contribution >= 0.6 is 0 Å². The Balaban J connectivity index is 2.08. The maximum Gasteiger partial charge on any atom is 0.338 e. The van der Waals surface area contributed by atoms with Gasteiger partial charge in [-0.3, -0.25) is 4.84 Å². The van der Waals surface area contributed by atoms with Gasteiger partial charge in [-0.1, -0.05) is 19.8 Å². The highest BCUT2D eigenvalue weighted by Gasteiger charge is 2.23. The van der Waals surface area contributed by atoms with Gasteiger partial charge in [-0.15, -0.1) is 0 Å². The van der Waals surface area contributed by atoms with Gasteiger partial charge in [-0.25, -0.2) is 15.1 Å². The number of nitrogens with one attached hydrogen (secondary N) is 2. The molecule has 0 bridgehead atoms. The van der Waals surface area contributed by atoms with E-state index in [4.69, 9.17) is 5.11 Å². The van der Waals surface area contributed by atoms with Crippen molar-refractivity contribution in [1.82, 2.24) is 10.8 Å². The average Bonchev–Trinajstić information content (AvgIpc) is 2.60. The number of carbonyl (C=O) groups excluding carboxylic acids is 1. The third-order valence-corrected chi connectivity index (χ3v) is 2.92. The topological polar surface area (TPSA) is 87.7 Å². The van der Waals surface area contributed by atoms with Gasteiger partial charge in [0, 0.05) is 6.54 Å². The normalized spacial score (nSPS) is 24.1. The molecule has 1 aliphatic rings. The largest absolute Gasteiger partial charge is 0.479 e. The predicted octanol–water partition coefficient (Wildman–Crippen LogP) is 0.738. The second kappa shape index (κ2) is 6.32. The van der Waals surface area contributed by atoms with E-state index in [0.717, 1.165) is 6.42 Å². The molecule has 0 saturated heterocycles. The van der Waals surface area contributed by atoms with Crippen LogP contribution in [0.3, 0.4) is 0 Å². The van der Waals surface area contributed by atoms with Gasteiger partial charge in [0.25, 0.3) is 0 Å². The summed E-state index contributed by atoms with van der Waals surface area (Å²) in [6.45, 7) is 2.26. The number of urea groups is 1. The molecule has 6 heteroatoms. The van der Waals surface area contributed by atoms with E-state index in [1.807, 2.05) is 5.48 Å². The summed E-state index contributed by atoms with van der Waals surface area (Å²) < 4.78 is 0. The summed E-state index contributed by atoms with van der Waals surface area (Å²) in [7, 11) is 0. The quantitative estimate of drug-likeness (QED) is 0.608. The first kappa shape index (κ1) is 12.8. The Kier molecular flexibility index (Phi) is 5.04. The zero-order valence-corrected chi connectivity index (χ0v) is 9.36. The van der Waals surface area contributed by atoms with Gasteiger partial charge in [0.15, 0.2) is 6.61 Å². The molecule has 0 aromatic carbocycles. The van der Waals surface area contributed by atoms with Crippen molar-refractivity contribution in [3.63, 3.8) is 0 Å². The lowest BCUT2D eigenvalue weighted by molar-refractivity contribution is -0.144. The van der Waals surface area contributed by atoms with Crippen LogP contribution in [0.2, 0.25) is 0 Å². The molecule has 1 fully saturated rings. The lowest BCUT2D eigenvalue weighted by atomic mass is 9.98. The lowest BCUT2D eigenvalue weighted by Gasteiger charge is -2.15. The van der Waals surface area contributed by atoms with E-state index in [-0.39, 0.29) is 0 Å². The van der Waals surface area contributed by atoms with E-state index >= 15 is 0 Å². The van der Waals surface area contributed by atoms with Crippen LogP contribution in [-0.2, 0) is 9.63 Å². The summed E-state index contributed by atoms with van der Waals surface area (Å²) in [4.78, 5) is 25.7. The van der Waals surface area contributed by atoms with Crippen molar-refractivity contribution in [2.75, 3.05) is 13.2 Å². The van der Waals surface area contributed by atoms with Crippen molar-refractivity contribution < 1.29 is 19.5 Å². The maximum atomic E-state index is 11.1. The molecule has 1 rings (SSSR count). The fourth-order valence-corrected chi connectivity index (χ4v) is 1.95. The first-order chi connectivity index (χ1) is 7.59. The van der Waals surface area contributed by atoms with Gasteiger partial charge >= 0.3 is 12.0 Å². The highest BCUT2D eigenvalue weighted by molar-refractivity contribution is 5.73. The molecule has 0 heterocycles. The smallest absolute Gasteiger partial charge is 0.338 e. The first-order valence-electron chi connectivity index (χ1n) is 5.47. The molecule has 1 saturated carbocycles. The Morgan fingerprint density at radius 1 is 1.44 bits per heavy atom. The van der Waals surface area contributed by atoms with Crippen LogP contribution in [-0.4, -0.2) is 30.3 Å². The van der Waals surface area contributed by atoms with Gasteiger partial charge < -0.3 is 10.4 Å². The number of carboxylic acid groups (broad SMARTS) is 1. The number of carboxylic acids is 1. The number of hydrogen-bond acceptors (Lipinski definition) is 3. The molecule has 0 aromatic heterocycles. The number of hydrogen-bond donors (Lipinski definition) is 3. The van der Waals surface area contributed by atoms with Crippen LogP contribution in [0.4, 0.5) is 4.79 Å². The molecule has 1 aliphatic carbocycles. The number of hydroxylamine groups is 1. The van der Waals surface area contributed by atoms with E-state index in [0.29, 0.717) is 18.4 Å². The second-order valence-corrected chi connectivity index (χ2v) is 4.16. The number of rotatable bonds is 5. The van der Waals surface area contributed by atoms with Gasteiger partial charge in [-0.2, -0.15) is 0 Å². The molecule has 6 nitrogen and oxygen atoms in total. The van der Waals surface area contributed by atoms with Crippen molar-refractivity contribution in [3.8, 4) is 0 Å². The molecule has 0 aliphatic heterocycles. The van der Waals surface area contributed by atoms with Gasteiger partial charge in [0.05, 0.1) is 0 Å². The first-order valence-corrected chi connectivity index (χ1v) is 5.47. The fraction of sp³-hybridized carbons (Fsp3) is 0.800. The summed E-state index contributed by atoms with van der Waals surface area (Å²) in [5, 5.41) is 10.9. The number of amides is 2. The minimum Gasteiger partial charge on any atom is -0.479 e. The summed E-state index contributed by atoms with van der Waals surface area (Å²) >= 11 is 0. The number of aliphatic carboxylic acids is 1. The van der Waals surface area contributed by atoms with E-state index in [2.05, 4.69) is 17.1 Å². The van der Waals surface area contributed by atoms with Crippen molar-refractivity contribution in [3.05, 3.63) is 0 Å². The summed E-state index contributed by atoms with van der Waals surface area (Å²) in [6, 6.07) is -0.486. The minimum absolute atomic E-state index is 0.486. The fourth-order valence-electron chi connectivity index (χ4n) is 1.95. The van der Waals surface area contributed by atoms with Crippen LogP contribution in [0.25, 0.3) is 0 Å². The molecule has 2 amide bonds. The molecule has 0 spiro atoms. The van der Waals surface area contributed by atoms with Crippen LogP contribution in [0.5, 0.6) is 0 Å². The highest BCUT2D eigenvalue weighted by Crippen LogP contribution is 2.30. The third-order valence-electron chi connectivity index (χ3n) is 2.92. The standard InChI is InChI=1S/C10H18N2O4/c1-7-3-2-4-8(7)5-11-10(15)12-16-6-9(13)14/h7-8H,2-6H2,1H3,(H,13,14)(H2,11,12,15). The molecule has 2 atom stereocenters. The van der Waals surface area contributed by atoms with Crippen molar-refractivity contribution in [2.24, 2.45) is 11.8 Å². The van der Waals surface area contributed by atoms with Crippen molar-refractivity contribution in [1.29, 1.82) is 0 Å². The van der Waals surface area contributed by atoms with Crippen LogP contribution in [0, 0.1) is 11.8 Å². The maximum absolute atomic E-state index is 11.1. The monoisotopic (exact) mass is 230 g/mol. The Morgan fingerprint density at radius 3 is 2.75 bits per heavy atom. The molecule has 3 N–H and O–H groups in total. The Morgan fingerprint density at radius 2 is 2.19 bits per heavy atom. The zero-order chi connectivity index (χ0) is 12.0. The van der Waals surface area contributed by atoms with E-state index in [1.165, 1.54) is 12.8 Å². The molecule has 2 unspecified atom stereocenters. The Hall–Kier alpha value is -1.30. The van der Waals surface area contributed by atoms with Gasteiger partial charge in [-0.05, 0) is 18.3 Å². The molecule has 92 valence electrons. The molecular weight excluding hydrogens is 212 g/mol. The SMILES string of the molecule is CC1CCCC1CNC(=O)NOCC(=O)O. The zero-order valence-electron chi connectivity index (χ0n) is 9.36. The molecular formula is C10H18N2O4. The van der Waals surface area contributed by atoms with Gasteiger partial charge in [0.2, 0.25) is 0 Å². The van der Waals surface area contributed by atoms with Crippen LogP contribution < -0.4 is 10.8 Å². The number of carbonyl (C=O) groups is 2. The Bertz CT molecular complexity index is 257.